The predicted molar refractivity (Wildman–Crippen MR) is 85.0 cm³/mol. The molecule has 0 radical (unpaired) electrons. The molecule has 0 saturated heterocycles. The van der Waals surface area contributed by atoms with E-state index in [-0.39, 0.29) is 5.97 Å². The maximum absolute atomic E-state index is 11.4. The Hall–Kier alpha value is -1.72. The summed E-state index contributed by atoms with van der Waals surface area (Å²) in [6.07, 6.45) is 0. The minimum absolute atomic E-state index is 0.334. The second-order valence-electron chi connectivity index (χ2n) is 4.67. The van der Waals surface area contributed by atoms with E-state index in [0.29, 0.717) is 18.7 Å². The molecule has 0 amide bonds. The first-order valence-electron chi connectivity index (χ1n) is 6.60. The number of rotatable bonds is 5. The van der Waals surface area contributed by atoms with Crippen molar-refractivity contribution in [3.05, 3.63) is 63.4 Å². The molecule has 1 N–H and O–H groups in total. The van der Waals surface area contributed by atoms with E-state index in [4.69, 9.17) is 4.74 Å². The van der Waals surface area contributed by atoms with Crippen molar-refractivity contribution in [1.29, 1.82) is 0 Å². The number of nitrogens with one attached hydrogen (secondary N) is 1. The number of hydrogen-bond acceptors (Lipinski definition) is 4. The SMILES string of the molecule is COC(=O)c1ccc(CNCc2cccc(C)n2)c(Br)c1. The van der Waals surface area contributed by atoms with Gasteiger partial charge in [0.1, 0.15) is 0 Å². The largest absolute Gasteiger partial charge is 0.465 e. The van der Waals surface area contributed by atoms with E-state index in [1.807, 2.05) is 31.2 Å². The van der Waals surface area contributed by atoms with Crippen LogP contribution in [0, 0.1) is 6.92 Å². The highest BCUT2D eigenvalue weighted by molar-refractivity contribution is 9.10. The summed E-state index contributed by atoms with van der Waals surface area (Å²) in [4.78, 5) is 15.9. The normalized spacial score (nSPS) is 10.4. The van der Waals surface area contributed by atoms with Crippen molar-refractivity contribution >= 4 is 21.9 Å². The van der Waals surface area contributed by atoms with Gasteiger partial charge in [0.2, 0.25) is 0 Å². The lowest BCUT2D eigenvalue weighted by molar-refractivity contribution is 0.0600. The van der Waals surface area contributed by atoms with Crippen LogP contribution >= 0.6 is 15.9 Å². The minimum Gasteiger partial charge on any atom is -0.465 e. The minimum atomic E-state index is -0.334. The van der Waals surface area contributed by atoms with Crippen molar-refractivity contribution in [1.82, 2.24) is 10.3 Å². The van der Waals surface area contributed by atoms with Gasteiger partial charge in [0.05, 0.1) is 18.4 Å². The summed E-state index contributed by atoms with van der Waals surface area (Å²) in [6, 6.07) is 11.4. The van der Waals surface area contributed by atoms with Gasteiger partial charge in [0.15, 0.2) is 0 Å². The Labute approximate surface area is 132 Å². The van der Waals surface area contributed by atoms with Gasteiger partial charge in [0, 0.05) is 23.3 Å². The predicted octanol–water partition coefficient (Wildman–Crippen LogP) is 3.23. The lowest BCUT2D eigenvalue weighted by Gasteiger charge is -2.08. The summed E-state index contributed by atoms with van der Waals surface area (Å²) in [6.45, 7) is 3.37. The molecule has 0 bridgehead atoms. The molecule has 21 heavy (non-hydrogen) atoms. The molecule has 0 fully saturated rings. The average molecular weight is 349 g/mol. The summed E-state index contributed by atoms with van der Waals surface area (Å²) in [5.74, 6) is -0.334. The van der Waals surface area contributed by atoms with Crippen LogP contribution in [0.4, 0.5) is 0 Å². The molecular formula is C16H17BrN2O2. The molecular weight excluding hydrogens is 332 g/mol. The van der Waals surface area contributed by atoms with Crippen molar-refractivity contribution in [2.45, 2.75) is 20.0 Å². The van der Waals surface area contributed by atoms with Crippen LogP contribution in [0.15, 0.2) is 40.9 Å². The topological polar surface area (TPSA) is 51.2 Å². The van der Waals surface area contributed by atoms with Crippen molar-refractivity contribution in [3.8, 4) is 0 Å². The summed E-state index contributed by atoms with van der Waals surface area (Å²) in [5, 5.41) is 3.34. The van der Waals surface area contributed by atoms with Crippen LogP contribution in [-0.2, 0) is 17.8 Å². The number of hydrogen-bond donors (Lipinski definition) is 1. The number of nitrogens with zero attached hydrogens (tertiary/aromatic N) is 1. The molecule has 0 unspecified atom stereocenters. The van der Waals surface area contributed by atoms with Crippen molar-refractivity contribution in [3.63, 3.8) is 0 Å². The van der Waals surface area contributed by atoms with Crippen LogP contribution in [0.3, 0.4) is 0 Å². The number of carbonyl (C=O) groups is 1. The van der Waals surface area contributed by atoms with E-state index in [1.165, 1.54) is 7.11 Å². The number of esters is 1. The van der Waals surface area contributed by atoms with Gasteiger partial charge in [-0.25, -0.2) is 4.79 Å². The number of halogens is 1. The molecule has 4 nitrogen and oxygen atoms in total. The summed E-state index contributed by atoms with van der Waals surface area (Å²) in [7, 11) is 1.38. The lowest BCUT2D eigenvalue weighted by atomic mass is 10.1. The van der Waals surface area contributed by atoms with E-state index < -0.39 is 0 Å². The van der Waals surface area contributed by atoms with E-state index in [2.05, 4.69) is 26.2 Å². The Morgan fingerprint density at radius 3 is 2.76 bits per heavy atom. The number of methoxy groups -OCH3 is 1. The maximum atomic E-state index is 11.4. The number of carbonyl (C=O) groups excluding carboxylic acids is 1. The van der Waals surface area contributed by atoms with Crippen LogP contribution in [-0.4, -0.2) is 18.1 Å². The Balaban J connectivity index is 1.96. The highest BCUT2D eigenvalue weighted by Crippen LogP contribution is 2.19. The molecule has 1 aromatic heterocycles. The van der Waals surface area contributed by atoms with Crippen LogP contribution < -0.4 is 5.32 Å². The molecule has 0 spiro atoms. The quantitative estimate of drug-likeness (QED) is 0.842. The van der Waals surface area contributed by atoms with Gasteiger partial charge < -0.3 is 10.1 Å². The van der Waals surface area contributed by atoms with E-state index in [9.17, 15) is 4.79 Å². The number of aryl methyl sites for hydroxylation is 1. The number of ether oxygens (including phenoxy) is 1. The number of pyridine rings is 1. The zero-order valence-electron chi connectivity index (χ0n) is 12.0. The Morgan fingerprint density at radius 2 is 2.10 bits per heavy atom. The molecule has 5 heteroatoms. The van der Waals surface area contributed by atoms with Crippen molar-refractivity contribution in [2.75, 3.05) is 7.11 Å². The van der Waals surface area contributed by atoms with Gasteiger partial charge in [-0.15, -0.1) is 0 Å². The second kappa shape index (κ2) is 7.33. The summed E-state index contributed by atoms with van der Waals surface area (Å²) >= 11 is 3.48. The van der Waals surface area contributed by atoms with E-state index >= 15 is 0 Å². The molecule has 0 aliphatic carbocycles. The van der Waals surface area contributed by atoms with Crippen molar-refractivity contribution < 1.29 is 9.53 Å². The van der Waals surface area contributed by atoms with Gasteiger partial charge in [0.25, 0.3) is 0 Å². The summed E-state index contributed by atoms with van der Waals surface area (Å²) < 4.78 is 5.58. The molecule has 110 valence electrons. The highest BCUT2D eigenvalue weighted by Gasteiger charge is 2.08. The molecule has 1 aromatic carbocycles. The van der Waals surface area contributed by atoms with Crippen molar-refractivity contribution in [2.24, 2.45) is 0 Å². The first kappa shape index (κ1) is 15.7. The first-order chi connectivity index (χ1) is 10.1. The molecule has 0 saturated carbocycles. The third-order valence-corrected chi connectivity index (χ3v) is 3.78. The lowest BCUT2D eigenvalue weighted by Crippen LogP contribution is -2.14. The number of benzene rings is 1. The fourth-order valence-corrected chi connectivity index (χ4v) is 2.48. The van der Waals surface area contributed by atoms with Crippen LogP contribution in [0.1, 0.15) is 27.3 Å². The third kappa shape index (κ3) is 4.37. The van der Waals surface area contributed by atoms with Gasteiger partial charge in [-0.2, -0.15) is 0 Å². The molecule has 1 heterocycles. The van der Waals surface area contributed by atoms with Gasteiger partial charge in [-0.05, 0) is 36.8 Å². The van der Waals surface area contributed by atoms with E-state index in [0.717, 1.165) is 21.4 Å². The fraction of sp³-hybridized carbons (Fsp3) is 0.250. The Kier molecular flexibility index (Phi) is 5.47. The summed E-state index contributed by atoms with van der Waals surface area (Å²) in [5.41, 5.74) is 3.64. The highest BCUT2D eigenvalue weighted by atomic mass is 79.9. The van der Waals surface area contributed by atoms with E-state index in [1.54, 1.807) is 12.1 Å². The smallest absolute Gasteiger partial charge is 0.337 e. The molecule has 0 aliphatic heterocycles. The maximum Gasteiger partial charge on any atom is 0.337 e. The van der Waals surface area contributed by atoms with Gasteiger partial charge in [-0.1, -0.05) is 28.1 Å². The Morgan fingerprint density at radius 1 is 1.29 bits per heavy atom. The average Bonchev–Trinajstić information content (AvgIpc) is 2.48. The van der Waals surface area contributed by atoms with Crippen LogP contribution in [0.25, 0.3) is 0 Å². The standard InChI is InChI=1S/C16H17BrN2O2/c1-11-4-3-5-14(19-11)10-18-9-13-7-6-12(8-15(13)17)16(20)21-2/h3-8,18H,9-10H2,1-2H3. The third-order valence-electron chi connectivity index (χ3n) is 3.04. The zero-order valence-corrected chi connectivity index (χ0v) is 13.6. The first-order valence-corrected chi connectivity index (χ1v) is 7.39. The molecule has 2 aromatic rings. The number of aromatic nitrogens is 1. The zero-order chi connectivity index (χ0) is 15.2. The van der Waals surface area contributed by atoms with Gasteiger partial charge >= 0.3 is 5.97 Å². The molecule has 2 rings (SSSR count). The molecule has 0 atom stereocenters. The monoisotopic (exact) mass is 348 g/mol. The molecule has 0 aliphatic rings. The fourth-order valence-electron chi connectivity index (χ4n) is 1.96. The Bertz CT molecular complexity index is 644. The second-order valence-corrected chi connectivity index (χ2v) is 5.53. The van der Waals surface area contributed by atoms with Gasteiger partial charge in [-0.3, -0.25) is 4.98 Å². The van der Waals surface area contributed by atoms with Crippen LogP contribution in [0.2, 0.25) is 0 Å². The van der Waals surface area contributed by atoms with Crippen LogP contribution in [0.5, 0.6) is 0 Å².